The predicted molar refractivity (Wildman–Crippen MR) is 93.6 cm³/mol. The molecule has 5 nitrogen and oxygen atoms in total. The number of sulfonamides is 1. The molecule has 0 fully saturated rings. The molecule has 0 atom stereocenters. The first-order valence-electron chi connectivity index (χ1n) is 6.27. The summed E-state index contributed by atoms with van der Waals surface area (Å²) in [7, 11) is -3.82. The smallest absolute Gasteiger partial charge is 0.238 e. The maximum Gasteiger partial charge on any atom is 0.238 e. The average Bonchev–Trinajstić information content (AvgIpc) is 2.46. The van der Waals surface area contributed by atoms with E-state index in [1.165, 1.54) is 30.0 Å². The van der Waals surface area contributed by atoms with Gasteiger partial charge in [-0.15, -0.1) is 11.8 Å². The minimum atomic E-state index is -3.82. The van der Waals surface area contributed by atoms with E-state index in [0.29, 0.717) is 20.6 Å². The van der Waals surface area contributed by atoms with Crippen LogP contribution in [0.15, 0.2) is 52.3 Å². The van der Waals surface area contributed by atoms with E-state index in [2.05, 4.69) is 5.32 Å². The Morgan fingerprint density at radius 3 is 2.35 bits per heavy atom. The minimum absolute atomic E-state index is 0.0721. The molecule has 0 unspecified atom stereocenters. The first-order valence-corrected chi connectivity index (χ1v) is 9.55. The summed E-state index contributed by atoms with van der Waals surface area (Å²) in [5.41, 5.74) is 0.340. The van der Waals surface area contributed by atoms with E-state index in [9.17, 15) is 13.2 Å². The number of amides is 1. The van der Waals surface area contributed by atoms with Crippen molar-refractivity contribution >= 4 is 56.6 Å². The van der Waals surface area contributed by atoms with Crippen LogP contribution in [0.1, 0.15) is 0 Å². The molecule has 0 aromatic heterocycles. The average molecular weight is 391 g/mol. The second-order valence-corrected chi connectivity index (χ2v) is 7.82. The van der Waals surface area contributed by atoms with Gasteiger partial charge in [0, 0.05) is 10.6 Å². The van der Waals surface area contributed by atoms with Gasteiger partial charge in [-0.2, -0.15) is 0 Å². The highest BCUT2D eigenvalue weighted by Crippen LogP contribution is 2.33. The van der Waals surface area contributed by atoms with Gasteiger partial charge in [0.15, 0.2) is 0 Å². The number of carbonyl (C=O) groups excluding carboxylic acids is 1. The first-order chi connectivity index (χ1) is 10.8. The van der Waals surface area contributed by atoms with Gasteiger partial charge in [0.25, 0.3) is 0 Å². The van der Waals surface area contributed by atoms with Crippen LogP contribution in [0.3, 0.4) is 0 Å². The largest absolute Gasteiger partial charge is 0.325 e. The zero-order valence-corrected chi connectivity index (χ0v) is 14.8. The molecule has 0 aliphatic heterocycles. The van der Waals surface area contributed by atoms with Crippen LogP contribution in [0.25, 0.3) is 0 Å². The second-order valence-electron chi connectivity index (χ2n) is 4.46. The third-order valence-electron chi connectivity index (χ3n) is 2.71. The number of thioether (sulfide) groups is 1. The Hall–Kier alpha value is -1.25. The van der Waals surface area contributed by atoms with Gasteiger partial charge in [0.1, 0.15) is 0 Å². The number of halogens is 2. The van der Waals surface area contributed by atoms with Crippen LogP contribution in [0.4, 0.5) is 5.69 Å². The lowest BCUT2D eigenvalue weighted by molar-refractivity contribution is -0.113. The fourth-order valence-electron chi connectivity index (χ4n) is 1.71. The summed E-state index contributed by atoms with van der Waals surface area (Å²) in [6.07, 6.45) is 0. The predicted octanol–water partition coefficient (Wildman–Crippen LogP) is 3.37. The van der Waals surface area contributed by atoms with Crippen molar-refractivity contribution in [2.75, 3.05) is 11.1 Å². The van der Waals surface area contributed by atoms with Crippen molar-refractivity contribution in [1.82, 2.24) is 0 Å². The molecular weight excluding hydrogens is 379 g/mol. The fourth-order valence-corrected chi connectivity index (χ4v) is 3.75. The molecule has 0 aliphatic rings. The highest BCUT2D eigenvalue weighted by atomic mass is 35.5. The molecule has 2 aromatic carbocycles. The summed E-state index contributed by atoms with van der Waals surface area (Å²) in [6.45, 7) is 0. The summed E-state index contributed by atoms with van der Waals surface area (Å²) in [6, 6.07) is 10.8. The van der Waals surface area contributed by atoms with E-state index in [0.717, 1.165) is 0 Å². The Labute approximate surface area is 148 Å². The molecule has 3 N–H and O–H groups in total. The molecule has 2 rings (SSSR count). The van der Waals surface area contributed by atoms with E-state index in [1.807, 2.05) is 0 Å². The van der Waals surface area contributed by atoms with Crippen molar-refractivity contribution in [2.24, 2.45) is 5.14 Å². The molecule has 0 radical (unpaired) electrons. The van der Waals surface area contributed by atoms with Gasteiger partial charge < -0.3 is 5.32 Å². The third-order valence-corrected chi connectivity index (χ3v) is 5.61. The Balaban J connectivity index is 2.03. The Morgan fingerprint density at radius 1 is 1.13 bits per heavy atom. The number of benzene rings is 2. The molecule has 0 heterocycles. The second kappa shape index (κ2) is 7.55. The molecule has 2 aromatic rings. The number of nitrogens with two attached hydrogens (primary N) is 1. The quantitative estimate of drug-likeness (QED) is 0.765. The van der Waals surface area contributed by atoms with Crippen LogP contribution in [0.2, 0.25) is 10.0 Å². The van der Waals surface area contributed by atoms with Crippen molar-refractivity contribution in [3.63, 3.8) is 0 Å². The molecule has 0 spiro atoms. The van der Waals surface area contributed by atoms with Crippen LogP contribution in [0, 0.1) is 0 Å². The highest BCUT2D eigenvalue weighted by Gasteiger charge is 2.11. The summed E-state index contributed by atoms with van der Waals surface area (Å²) in [5.74, 6) is -0.249. The summed E-state index contributed by atoms with van der Waals surface area (Å²) < 4.78 is 22.6. The minimum Gasteiger partial charge on any atom is -0.325 e. The molecule has 122 valence electrons. The van der Waals surface area contributed by atoms with Gasteiger partial charge in [0.2, 0.25) is 15.9 Å². The highest BCUT2D eigenvalue weighted by molar-refractivity contribution is 8.00. The molecule has 0 bridgehead atoms. The zero-order chi connectivity index (χ0) is 17.0. The molecule has 0 aliphatic carbocycles. The van der Waals surface area contributed by atoms with Crippen molar-refractivity contribution in [3.05, 3.63) is 52.5 Å². The van der Waals surface area contributed by atoms with E-state index in [4.69, 9.17) is 28.3 Å². The summed E-state index contributed by atoms with van der Waals surface area (Å²) in [5, 5.41) is 8.58. The van der Waals surface area contributed by atoms with Crippen LogP contribution in [-0.2, 0) is 14.8 Å². The number of hydrogen-bond acceptors (Lipinski definition) is 4. The maximum atomic E-state index is 12.0. The van der Waals surface area contributed by atoms with Crippen LogP contribution < -0.4 is 10.5 Å². The SMILES string of the molecule is NS(=O)(=O)c1cccc(NC(=O)CSc2c(Cl)cccc2Cl)c1. The van der Waals surface area contributed by atoms with Crippen LogP contribution >= 0.6 is 35.0 Å². The topological polar surface area (TPSA) is 89.3 Å². The summed E-state index contributed by atoms with van der Waals surface area (Å²) >= 11 is 13.2. The van der Waals surface area contributed by atoms with E-state index in [1.54, 1.807) is 24.3 Å². The standard InChI is InChI=1S/C14H12Cl2N2O3S2/c15-11-5-2-6-12(16)14(11)22-8-13(19)18-9-3-1-4-10(7-9)23(17,20)21/h1-7H,8H2,(H,18,19)(H2,17,20,21). The molecule has 0 saturated carbocycles. The van der Waals surface area contributed by atoms with Crippen molar-refractivity contribution in [2.45, 2.75) is 9.79 Å². The molecule has 23 heavy (non-hydrogen) atoms. The number of carbonyl (C=O) groups is 1. The van der Waals surface area contributed by atoms with Gasteiger partial charge in [-0.1, -0.05) is 35.3 Å². The zero-order valence-electron chi connectivity index (χ0n) is 11.6. The Bertz CT molecular complexity index is 821. The van der Waals surface area contributed by atoms with E-state index in [-0.39, 0.29) is 16.6 Å². The maximum absolute atomic E-state index is 12.0. The first kappa shape index (κ1) is 18.1. The van der Waals surface area contributed by atoms with Crippen molar-refractivity contribution in [1.29, 1.82) is 0 Å². The third kappa shape index (κ3) is 5.12. The molecule has 0 saturated heterocycles. The normalized spacial score (nSPS) is 11.3. The van der Waals surface area contributed by atoms with Gasteiger partial charge in [-0.25, -0.2) is 13.6 Å². The van der Waals surface area contributed by atoms with Crippen molar-refractivity contribution in [3.8, 4) is 0 Å². The molecular formula is C14H12Cl2N2O3S2. The molecule has 1 amide bonds. The number of anilines is 1. The van der Waals surface area contributed by atoms with Gasteiger partial charge in [-0.05, 0) is 30.3 Å². The van der Waals surface area contributed by atoms with Crippen LogP contribution in [-0.4, -0.2) is 20.1 Å². The van der Waals surface area contributed by atoms with E-state index < -0.39 is 10.0 Å². The Morgan fingerprint density at radius 2 is 1.74 bits per heavy atom. The summed E-state index contributed by atoms with van der Waals surface area (Å²) in [4.78, 5) is 12.5. The fraction of sp³-hybridized carbons (Fsp3) is 0.0714. The lowest BCUT2D eigenvalue weighted by Crippen LogP contribution is -2.16. The van der Waals surface area contributed by atoms with Crippen LogP contribution in [0.5, 0.6) is 0 Å². The number of primary sulfonamides is 1. The Kier molecular flexibility index (Phi) is 5.94. The molecule has 9 heteroatoms. The van der Waals surface area contributed by atoms with Gasteiger partial charge in [-0.3, -0.25) is 4.79 Å². The lowest BCUT2D eigenvalue weighted by atomic mass is 10.3. The number of nitrogens with one attached hydrogen (secondary N) is 1. The van der Waals surface area contributed by atoms with Crippen molar-refractivity contribution < 1.29 is 13.2 Å². The lowest BCUT2D eigenvalue weighted by Gasteiger charge is -2.08. The van der Waals surface area contributed by atoms with Gasteiger partial charge >= 0.3 is 0 Å². The monoisotopic (exact) mass is 390 g/mol. The van der Waals surface area contributed by atoms with E-state index >= 15 is 0 Å². The number of rotatable bonds is 5. The number of hydrogen-bond donors (Lipinski definition) is 2. The van der Waals surface area contributed by atoms with Gasteiger partial charge in [0.05, 0.1) is 20.7 Å².